The molecule has 14 heavy (non-hydrogen) atoms. The van der Waals surface area contributed by atoms with Crippen molar-refractivity contribution in [3.8, 4) is 0 Å². The SMILES string of the molecule is CCOC(=O)CCCNCC(Cl)=CCl. The zero-order valence-electron chi connectivity index (χ0n) is 8.19. The minimum atomic E-state index is -0.159. The minimum Gasteiger partial charge on any atom is -0.466 e. The molecule has 82 valence electrons. The summed E-state index contributed by atoms with van der Waals surface area (Å²) in [4.78, 5) is 10.9. The third-order valence-corrected chi connectivity index (χ3v) is 2.07. The minimum absolute atomic E-state index is 0.159. The molecular weight excluding hydrogens is 225 g/mol. The molecule has 0 aliphatic carbocycles. The van der Waals surface area contributed by atoms with Crippen LogP contribution in [-0.2, 0) is 9.53 Å². The third kappa shape index (κ3) is 8.35. The quantitative estimate of drug-likeness (QED) is 0.547. The van der Waals surface area contributed by atoms with E-state index in [4.69, 9.17) is 27.9 Å². The zero-order valence-corrected chi connectivity index (χ0v) is 9.70. The predicted octanol–water partition coefficient (Wildman–Crippen LogP) is 2.24. The number of rotatable bonds is 7. The van der Waals surface area contributed by atoms with E-state index in [2.05, 4.69) is 5.32 Å². The van der Waals surface area contributed by atoms with E-state index < -0.39 is 0 Å². The van der Waals surface area contributed by atoms with Crippen LogP contribution in [0.15, 0.2) is 10.6 Å². The van der Waals surface area contributed by atoms with Gasteiger partial charge in [0.2, 0.25) is 0 Å². The lowest BCUT2D eigenvalue weighted by Gasteiger charge is -2.03. The molecule has 0 saturated heterocycles. The van der Waals surface area contributed by atoms with Gasteiger partial charge in [-0.3, -0.25) is 4.79 Å². The molecule has 0 atom stereocenters. The van der Waals surface area contributed by atoms with Crippen LogP contribution in [0.4, 0.5) is 0 Å². The Labute approximate surface area is 94.4 Å². The maximum Gasteiger partial charge on any atom is 0.305 e. The van der Waals surface area contributed by atoms with Crippen LogP contribution in [0, 0.1) is 0 Å². The van der Waals surface area contributed by atoms with Crippen LogP contribution in [0.2, 0.25) is 0 Å². The predicted molar refractivity (Wildman–Crippen MR) is 58.5 cm³/mol. The highest BCUT2D eigenvalue weighted by Gasteiger charge is 2.00. The van der Waals surface area contributed by atoms with Crippen molar-refractivity contribution in [2.45, 2.75) is 19.8 Å². The third-order valence-electron chi connectivity index (χ3n) is 1.45. The lowest BCUT2D eigenvalue weighted by atomic mass is 10.3. The molecule has 0 amide bonds. The molecular formula is C9H15Cl2NO2. The number of ether oxygens (including phenoxy) is 1. The molecule has 0 bridgehead atoms. The second-order valence-corrected chi connectivity index (χ2v) is 3.35. The summed E-state index contributed by atoms with van der Waals surface area (Å²) in [6, 6.07) is 0. The first-order valence-electron chi connectivity index (χ1n) is 4.51. The number of hydrogen-bond acceptors (Lipinski definition) is 3. The molecule has 0 heterocycles. The summed E-state index contributed by atoms with van der Waals surface area (Å²) in [5.74, 6) is -0.159. The molecule has 0 radical (unpaired) electrons. The Hall–Kier alpha value is -0.250. The maximum atomic E-state index is 10.9. The fourth-order valence-electron chi connectivity index (χ4n) is 0.837. The molecule has 0 spiro atoms. The van der Waals surface area contributed by atoms with E-state index in [1.165, 1.54) is 5.54 Å². The number of hydrogen-bond donors (Lipinski definition) is 1. The molecule has 0 unspecified atom stereocenters. The Kier molecular flexibility index (Phi) is 9.14. The van der Waals surface area contributed by atoms with Crippen molar-refractivity contribution in [2.24, 2.45) is 0 Å². The summed E-state index contributed by atoms with van der Waals surface area (Å²) in [5.41, 5.74) is 1.32. The van der Waals surface area contributed by atoms with Crippen LogP contribution < -0.4 is 5.32 Å². The van der Waals surface area contributed by atoms with E-state index in [1.807, 2.05) is 0 Å². The standard InChI is InChI=1S/C9H15Cl2NO2/c1-2-14-9(13)4-3-5-12-7-8(11)6-10/h6,12H,2-5,7H2,1H3. The molecule has 0 aromatic heterocycles. The van der Waals surface area contributed by atoms with E-state index >= 15 is 0 Å². The summed E-state index contributed by atoms with van der Waals surface area (Å²) < 4.78 is 4.77. The second-order valence-electron chi connectivity index (χ2n) is 2.64. The van der Waals surface area contributed by atoms with Gasteiger partial charge < -0.3 is 10.1 Å². The van der Waals surface area contributed by atoms with Crippen LogP contribution in [0.1, 0.15) is 19.8 Å². The van der Waals surface area contributed by atoms with Gasteiger partial charge in [-0.2, -0.15) is 0 Å². The van der Waals surface area contributed by atoms with Gasteiger partial charge in [0.15, 0.2) is 0 Å². The van der Waals surface area contributed by atoms with Crippen LogP contribution in [-0.4, -0.2) is 25.7 Å². The summed E-state index contributed by atoms with van der Waals surface area (Å²) in [6.45, 7) is 3.49. The number of carbonyl (C=O) groups excluding carboxylic acids is 1. The van der Waals surface area contributed by atoms with Crippen molar-refractivity contribution in [2.75, 3.05) is 19.7 Å². The topological polar surface area (TPSA) is 38.3 Å². The van der Waals surface area contributed by atoms with Gasteiger partial charge in [0, 0.05) is 23.5 Å². The molecule has 0 aromatic rings. The average molecular weight is 240 g/mol. The van der Waals surface area contributed by atoms with Crippen molar-refractivity contribution in [1.29, 1.82) is 0 Å². The number of nitrogens with one attached hydrogen (secondary N) is 1. The monoisotopic (exact) mass is 239 g/mol. The highest BCUT2D eigenvalue weighted by atomic mass is 35.5. The van der Waals surface area contributed by atoms with Gasteiger partial charge in [-0.1, -0.05) is 23.2 Å². The molecule has 0 aliphatic rings. The molecule has 0 fully saturated rings. The lowest BCUT2D eigenvalue weighted by Crippen LogP contribution is -2.18. The van der Waals surface area contributed by atoms with Crippen LogP contribution in [0.25, 0.3) is 0 Å². The fraction of sp³-hybridized carbons (Fsp3) is 0.667. The highest BCUT2D eigenvalue weighted by molar-refractivity contribution is 6.36. The molecule has 1 N–H and O–H groups in total. The van der Waals surface area contributed by atoms with E-state index in [9.17, 15) is 4.79 Å². The summed E-state index contributed by atoms with van der Waals surface area (Å²) in [7, 11) is 0. The number of esters is 1. The van der Waals surface area contributed by atoms with Crippen LogP contribution in [0.5, 0.6) is 0 Å². The molecule has 0 aromatic carbocycles. The van der Waals surface area contributed by atoms with Gasteiger partial charge in [0.25, 0.3) is 0 Å². The van der Waals surface area contributed by atoms with Crippen molar-refractivity contribution < 1.29 is 9.53 Å². The Morgan fingerprint density at radius 3 is 2.86 bits per heavy atom. The van der Waals surface area contributed by atoms with Crippen molar-refractivity contribution in [3.05, 3.63) is 10.6 Å². The molecule has 3 nitrogen and oxygen atoms in total. The average Bonchev–Trinajstić information content (AvgIpc) is 2.17. The Bertz CT molecular complexity index is 195. The van der Waals surface area contributed by atoms with E-state index in [0.717, 1.165) is 13.0 Å². The van der Waals surface area contributed by atoms with Crippen molar-refractivity contribution >= 4 is 29.2 Å². The first kappa shape index (κ1) is 13.8. The lowest BCUT2D eigenvalue weighted by molar-refractivity contribution is -0.143. The van der Waals surface area contributed by atoms with E-state index in [-0.39, 0.29) is 5.97 Å². The van der Waals surface area contributed by atoms with Gasteiger partial charge in [-0.05, 0) is 19.9 Å². The van der Waals surface area contributed by atoms with Crippen molar-refractivity contribution in [1.82, 2.24) is 5.32 Å². The van der Waals surface area contributed by atoms with Gasteiger partial charge in [-0.15, -0.1) is 0 Å². The normalized spacial score (nSPS) is 11.5. The summed E-state index contributed by atoms with van der Waals surface area (Å²) in [6.07, 6.45) is 1.17. The van der Waals surface area contributed by atoms with Gasteiger partial charge in [0.05, 0.1) is 6.61 Å². The maximum absolute atomic E-state index is 10.9. The summed E-state index contributed by atoms with van der Waals surface area (Å²) >= 11 is 11.0. The Morgan fingerprint density at radius 2 is 2.29 bits per heavy atom. The Morgan fingerprint density at radius 1 is 1.57 bits per heavy atom. The molecule has 0 saturated carbocycles. The van der Waals surface area contributed by atoms with E-state index in [1.54, 1.807) is 6.92 Å². The number of carbonyl (C=O) groups is 1. The zero-order chi connectivity index (χ0) is 10.8. The fourth-order valence-corrected chi connectivity index (χ4v) is 1.01. The van der Waals surface area contributed by atoms with Crippen LogP contribution in [0.3, 0.4) is 0 Å². The number of halogens is 2. The molecule has 0 rings (SSSR count). The second kappa shape index (κ2) is 9.31. The first-order valence-corrected chi connectivity index (χ1v) is 5.33. The molecule has 5 heteroatoms. The van der Waals surface area contributed by atoms with E-state index in [0.29, 0.717) is 24.6 Å². The highest BCUT2D eigenvalue weighted by Crippen LogP contribution is 2.00. The Balaban J connectivity index is 3.25. The van der Waals surface area contributed by atoms with Gasteiger partial charge in [-0.25, -0.2) is 0 Å². The molecule has 0 aliphatic heterocycles. The van der Waals surface area contributed by atoms with Crippen molar-refractivity contribution in [3.63, 3.8) is 0 Å². The summed E-state index contributed by atoms with van der Waals surface area (Å²) in [5, 5.41) is 3.60. The van der Waals surface area contributed by atoms with Gasteiger partial charge in [0.1, 0.15) is 0 Å². The van der Waals surface area contributed by atoms with Crippen LogP contribution >= 0.6 is 23.2 Å². The largest absolute Gasteiger partial charge is 0.466 e. The first-order chi connectivity index (χ1) is 6.70. The smallest absolute Gasteiger partial charge is 0.305 e. The van der Waals surface area contributed by atoms with Gasteiger partial charge >= 0.3 is 5.97 Å².